The van der Waals surface area contributed by atoms with Gasteiger partial charge >= 0.3 is 5.97 Å². The van der Waals surface area contributed by atoms with Gasteiger partial charge in [-0.2, -0.15) is 8.42 Å². The van der Waals surface area contributed by atoms with Gasteiger partial charge in [-0.15, -0.1) is 0 Å². The molecule has 0 bridgehead atoms. The first-order valence-electron chi connectivity index (χ1n) is 8.47. The van der Waals surface area contributed by atoms with E-state index in [0.717, 1.165) is 0 Å². The Morgan fingerprint density at radius 2 is 2.00 bits per heavy atom. The Hall–Kier alpha value is -1.14. The summed E-state index contributed by atoms with van der Waals surface area (Å²) in [5.41, 5.74) is 0. The lowest BCUT2D eigenvalue weighted by molar-refractivity contribution is -0.150. The van der Waals surface area contributed by atoms with Crippen LogP contribution >= 0.6 is 23.2 Å². The number of carboxylic acids is 1. The molecule has 0 saturated carbocycles. The number of β-amino-alcohol motifs (C(OH)–C–C–N with tert-alkyl or cyclic N) is 1. The molecule has 1 heterocycles. The fourth-order valence-electron chi connectivity index (χ4n) is 3.05. The van der Waals surface area contributed by atoms with Crippen molar-refractivity contribution in [3.05, 3.63) is 28.2 Å². The van der Waals surface area contributed by atoms with Crippen LogP contribution in [0, 0.1) is 0 Å². The maximum atomic E-state index is 11.9. The summed E-state index contributed by atoms with van der Waals surface area (Å²) in [5, 5.41) is 19.6. The summed E-state index contributed by atoms with van der Waals surface area (Å²) in [5.74, 6) is -1.53. The van der Waals surface area contributed by atoms with E-state index < -0.39 is 34.0 Å². The van der Waals surface area contributed by atoms with Gasteiger partial charge in [0.15, 0.2) is 0 Å². The van der Waals surface area contributed by atoms with Crippen LogP contribution < -0.4 is 4.74 Å². The highest BCUT2D eigenvalue weighted by atomic mass is 35.5. The Morgan fingerprint density at radius 1 is 1.29 bits per heavy atom. The Kier molecular flexibility index (Phi) is 8.31. The number of carboxylic acid groups (broad SMARTS) is 1. The summed E-state index contributed by atoms with van der Waals surface area (Å²) in [7, 11) is -4.13. The third-order valence-corrected chi connectivity index (χ3v) is 5.64. The molecule has 0 radical (unpaired) electrons. The molecule has 2 atom stereocenters. The molecule has 1 aliphatic rings. The number of benzene rings is 1. The van der Waals surface area contributed by atoms with E-state index in [0.29, 0.717) is 18.1 Å². The second kappa shape index (κ2) is 10.1. The van der Waals surface area contributed by atoms with E-state index in [1.807, 2.05) is 0 Å². The van der Waals surface area contributed by atoms with E-state index in [1.54, 1.807) is 9.80 Å². The molecule has 1 saturated heterocycles. The molecule has 0 aromatic heterocycles. The quantitative estimate of drug-likeness (QED) is 0.459. The van der Waals surface area contributed by atoms with E-state index in [-0.39, 0.29) is 37.0 Å². The Labute approximate surface area is 173 Å². The number of aliphatic carboxylic acids is 1. The number of ether oxygens (including phenoxy) is 1. The molecule has 3 N–H and O–H groups in total. The van der Waals surface area contributed by atoms with Crippen molar-refractivity contribution in [1.29, 1.82) is 0 Å². The SMILES string of the molecule is O=C(O)C(Oc1ccc(Cl)cc1Cl)C1CN(CCS(=O)(=O)O)CCN1CCO. The summed E-state index contributed by atoms with van der Waals surface area (Å²) >= 11 is 11.9. The zero-order valence-corrected chi connectivity index (χ0v) is 17.2. The van der Waals surface area contributed by atoms with Crippen molar-refractivity contribution in [2.24, 2.45) is 0 Å². The van der Waals surface area contributed by atoms with Gasteiger partial charge in [0, 0.05) is 37.7 Å². The van der Waals surface area contributed by atoms with E-state index >= 15 is 0 Å². The number of aliphatic hydroxyl groups excluding tert-OH is 1. The molecule has 1 aromatic rings. The molecule has 2 rings (SSSR count). The predicted molar refractivity (Wildman–Crippen MR) is 104 cm³/mol. The number of hydrogen-bond donors (Lipinski definition) is 3. The first-order valence-corrected chi connectivity index (χ1v) is 10.8. The zero-order valence-electron chi connectivity index (χ0n) is 14.9. The van der Waals surface area contributed by atoms with Crippen LogP contribution in [0.1, 0.15) is 0 Å². The molecule has 1 aliphatic heterocycles. The number of piperazine rings is 1. The number of carbonyl (C=O) groups is 1. The van der Waals surface area contributed by atoms with Crippen LogP contribution in [0.15, 0.2) is 18.2 Å². The molecule has 2 unspecified atom stereocenters. The average Bonchev–Trinajstić information content (AvgIpc) is 2.60. The van der Waals surface area contributed by atoms with Gasteiger partial charge in [0.05, 0.1) is 23.4 Å². The second-order valence-electron chi connectivity index (χ2n) is 6.37. The molecule has 1 fully saturated rings. The second-order valence-corrected chi connectivity index (χ2v) is 8.78. The molecule has 158 valence electrons. The van der Waals surface area contributed by atoms with E-state index in [9.17, 15) is 23.4 Å². The van der Waals surface area contributed by atoms with Crippen molar-refractivity contribution in [1.82, 2.24) is 9.80 Å². The minimum atomic E-state index is -4.13. The van der Waals surface area contributed by atoms with Crippen molar-refractivity contribution < 1.29 is 32.7 Å². The van der Waals surface area contributed by atoms with Gasteiger partial charge in [-0.25, -0.2) is 4.79 Å². The Bertz CT molecular complexity index is 793. The van der Waals surface area contributed by atoms with E-state index in [4.69, 9.17) is 32.5 Å². The normalized spacial score (nSPS) is 20.1. The fraction of sp³-hybridized carbons (Fsp3) is 0.562. The first-order chi connectivity index (χ1) is 13.1. The first kappa shape index (κ1) is 23.1. The van der Waals surface area contributed by atoms with Crippen LogP contribution in [0.5, 0.6) is 5.75 Å². The fourth-order valence-corrected chi connectivity index (χ4v) is 3.99. The van der Waals surface area contributed by atoms with Crippen molar-refractivity contribution in [2.75, 3.05) is 45.1 Å². The number of rotatable bonds is 9. The van der Waals surface area contributed by atoms with Crippen LogP contribution in [0.2, 0.25) is 10.0 Å². The topological polar surface area (TPSA) is 128 Å². The largest absolute Gasteiger partial charge is 0.478 e. The average molecular weight is 457 g/mol. The monoisotopic (exact) mass is 456 g/mol. The molecule has 1 aromatic carbocycles. The van der Waals surface area contributed by atoms with Crippen molar-refractivity contribution in [2.45, 2.75) is 12.1 Å². The third-order valence-electron chi connectivity index (χ3n) is 4.41. The minimum absolute atomic E-state index is 0.0519. The lowest BCUT2D eigenvalue weighted by atomic mass is 10.1. The van der Waals surface area contributed by atoms with E-state index in [2.05, 4.69) is 0 Å². The Balaban J connectivity index is 2.21. The maximum absolute atomic E-state index is 11.9. The van der Waals surface area contributed by atoms with Crippen LogP contribution in [-0.4, -0.2) is 96.2 Å². The van der Waals surface area contributed by atoms with Crippen LogP contribution in [-0.2, 0) is 14.9 Å². The van der Waals surface area contributed by atoms with Gasteiger partial charge in [-0.05, 0) is 18.2 Å². The molecule has 0 spiro atoms. The lowest BCUT2D eigenvalue weighted by Crippen LogP contribution is -2.61. The molecular weight excluding hydrogens is 435 g/mol. The summed E-state index contributed by atoms with van der Waals surface area (Å²) in [4.78, 5) is 15.4. The highest BCUT2D eigenvalue weighted by Gasteiger charge is 2.39. The lowest BCUT2D eigenvalue weighted by Gasteiger charge is -2.43. The van der Waals surface area contributed by atoms with Gasteiger partial charge in [0.25, 0.3) is 10.1 Å². The summed E-state index contributed by atoms with van der Waals surface area (Å²) in [6.07, 6.45) is -1.32. The number of hydrogen-bond acceptors (Lipinski definition) is 7. The molecule has 0 amide bonds. The van der Waals surface area contributed by atoms with Crippen LogP contribution in [0.4, 0.5) is 0 Å². The third kappa shape index (κ3) is 6.73. The summed E-state index contributed by atoms with van der Waals surface area (Å²) in [6, 6.07) is 3.75. The predicted octanol–water partition coefficient (Wildman–Crippen LogP) is 0.692. The number of nitrogens with zero attached hydrogens (tertiary/aromatic N) is 2. The van der Waals surface area contributed by atoms with Crippen LogP contribution in [0.3, 0.4) is 0 Å². The van der Waals surface area contributed by atoms with Crippen molar-refractivity contribution in [3.63, 3.8) is 0 Å². The van der Waals surface area contributed by atoms with Gasteiger partial charge in [0.2, 0.25) is 6.10 Å². The van der Waals surface area contributed by atoms with Gasteiger partial charge in [-0.1, -0.05) is 23.2 Å². The minimum Gasteiger partial charge on any atom is -0.478 e. The maximum Gasteiger partial charge on any atom is 0.346 e. The number of halogens is 2. The molecule has 12 heteroatoms. The number of aliphatic hydroxyl groups is 1. The van der Waals surface area contributed by atoms with E-state index in [1.165, 1.54) is 18.2 Å². The smallest absolute Gasteiger partial charge is 0.346 e. The molecular formula is C16H22Cl2N2O7S. The zero-order chi connectivity index (χ0) is 20.9. The van der Waals surface area contributed by atoms with Crippen molar-refractivity contribution in [3.8, 4) is 5.75 Å². The Morgan fingerprint density at radius 3 is 2.57 bits per heavy atom. The summed E-state index contributed by atoms with van der Waals surface area (Å²) in [6.45, 7) is 1.15. The van der Waals surface area contributed by atoms with Gasteiger partial charge < -0.3 is 14.9 Å². The van der Waals surface area contributed by atoms with Crippen LogP contribution in [0.25, 0.3) is 0 Å². The van der Waals surface area contributed by atoms with Gasteiger partial charge in [-0.3, -0.25) is 14.4 Å². The van der Waals surface area contributed by atoms with Gasteiger partial charge in [0.1, 0.15) is 5.75 Å². The highest BCUT2D eigenvalue weighted by Crippen LogP contribution is 2.29. The highest BCUT2D eigenvalue weighted by molar-refractivity contribution is 7.85. The standard InChI is InChI=1S/C16H22Cl2N2O7S/c17-11-1-2-14(12(18)9-11)27-15(16(22)23)13-10-19(6-8-28(24,25)26)3-4-20(13)5-7-21/h1-2,9,13,15,21H,3-8,10H2,(H,22,23)(H,24,25,26). The van der Waals surface area contributed by atoms with Crippen molar-refractivity contribution >= 4 is 39.3 Å². The molecule has 0 aliphatic carbocycles. The molecule has 28 heavy (non-hydrogen) atoms. The molecule has 9 nitrogen and oxygen atoms in total. The summed E-state index contributed by atoms with van der Waals surface area (Å²) < 4.78 is 36.6.